The van der Waals surface area contributed by atoms with Crippen LogP contribution in [0.1, 0.15) is 17.5 Å². The molecule has 14 heavy (non-hydrogen) atoms. The lowest BCUT2D eigenvalue weighted by Crippen LogP contribution is -1.98. The molecule has 0 bridgehead atoms. The molecule has 1 heterocycles. The van der Waals surface area contributed by atoms with Crippen molar-refractivity contribution < 1.29 is 0 Å². The van der Waals surface area contributed by atoms with E-state index in [9.17, 15) is 0 Å². The molecule has 3 rings (SSSR count). The summed E-state index contributed by atoms with van der Waals surface area (Å²) in [6, 6.07) is 6.76. The molecule has 72 valence electrons. The Hall–Kier alpha value is -0.470. The van der Waals surface area contributed by atoms with E-state index in [0.717, 1.165) is 0 Å². The Labute approximate surface area is 92.3 Å². The van der Waals surface area contributed by atoms with Crippen LogP contribution >= 0.6 is 23.1 Å². The molecule has 0 saturated heterocycles. The molecule has 0 spiro atoms. The molecule has 2 aromatic rings. The van der Waals surface area contributed by atoms with Crippen LogP contribution in [0.2, 0.25) is 0 Å². The topological polar surface area (TPSA) is 0 Å². The normalized spacial score (nSPS) is 14.9. The molecule has 0 saturated carbocycles. The lowest BCUT2D eigenvalue weighted by atomic mass is 9.93. The van der Waals surface area contributed by atoms with Gasteiger partial charge in [0.15, 0.2) is 0 Å². The lowest BCUT2D eigenvalue weighted by Gasteiger charge is -2.12. The van der Waals surface area contributed by atoms with Crippen molar-refractivity contribution in [2.24, 2.45) is 0 Å². The smallest absolute Gasteiger partial charge is 0.0640 e. The van der Waals surface area contributed by atoms with Crippen molar-refractivity contribution in [1.29, 1.82) is 0 Å². The first-order chi connectivity index (χ1) is 6.90. The Bertz CT molecular complexity index is 482. The minimum atomic E-state index is 1.27. The van der Waals surface area contributed by atoms with Crippen LogP contribution in [0.5, 0.6) is 0 Å². The van der Waals surface area contributed by atoms with Gasteiger partial charge in [0, 0.05) is 10.1 Å². The van der Waals surface area contributed by atoms with Crippen molar-refractivity contribution in [3.05, 3.63) is 29.3 Å². The molecule has 0 fully saturated rings. The summed E-state index contributed by atoms with van der Waals surface area (Å²) in [5.74, 6) is 0. The Kier molecular flexibility index (Phi) is 2.06. The maximum atomic E-state index is 2.29. The molecule has 2 heteroatoms. The second-order valence-corrected chi connectivity index (χ2v) is 5.84. The molecule has 1 aliphatic carbocycles. The van der Waals surface area contributed by atoms with Crippen molar-refractivity contribution in [2.75, 3.05) is 6.26 Å². The van der Waals surface area contributed by atoms with Crippen LogP contribution in [-0.2, 0) is 12.8 Å². The average Bonchev–Trinajstić information content (AvgIpc) is 2.60. The molecule has 0 amide bonds. The number of benzene rings is 1. The molecule has 1 aliphatic rings. The van der Waals surface area contributed by atoms with Crippen LogP contribution in [0.4, 0.5) is 0 Å². The first-order valence-corrected chi connectivity index (χ1v) is 7.01. The molecule has 0 N–H and O–H groups in total. The average molecular weight is 220 g/mol. The van der Waals surface area contributed by atoms with E-state index in [1.807, 2.05) is 23.1 Å². The predicted octanol–water partition coefficient (Wildman–Crippen LogP) is 4.11. The third-order valence-electron chi connectivity index (χ3n) is 2.92. The van der Waals surface area contributed by atoms with Crippen molar-refractivity contribution in [3.63, 3.8) is 0 Å². The minimum absolute atomic E-state index is 1.27. The van der Waals surface area contributed by atoms with Gasteiger partial charge in [-0.1, -0.05) is 12.1 Å². The van der Waals surface area contributed by atoms with E-state index in [-0.39, 0.29) is 0 Å². The zero-order chi connectivity index (χ0) is 9.54. The minimum Gasteiger partial charge on any atom is -0.129 e. The van der Waals surface area contributed by atoms with Crippen molar-refractivity contribution in [3.8, 4) is 0 Å². The van der Waals surface area contributed by atoms with Gasteiger partial charge in [0.25, 0.3) is 0 Å². The quantitative estimate of drug-likeness (QED) is 0.652. The molecule has 0 aliphatic heterocycles. The highest BCUT2D eigenvalue weighted by molar-refractivity contribution is 8.00. The highest BCUT2D eigenvalue weighted by Crippen LogP contribution is 2.41. The monoisotopic (exact) mass is 220 g/mol. The molecular weight excluding hydrogens is 208 g/mol. The van der Waals surface area contributed by atoms with Crippen LogP contribution in [0.25, 0.3) is 10.1 Å². The van der Waals surface area contributed by atoms with Gasteiger partial charge in [-0.2, -0.15) is 0 Å². The standard InChI is InChI=1S/C12H12S2/c1-13-12-9-6-2-4-8-5-3-7-10(14-12)11(8)9/h3,5,7H,2,4,6H2,1H3. The van der Waals surface area contributed by atoms with Crippen molar-refractivity contribution >= 4 is 33.2 Å². The van der Waals surface area contributed by atoms with Gasteiger partial charge in [0.1, 0.15) is 0 Å². The van der Waals surface area contributed by atoms with Gasteiger partial charge in [0.2, 0.25) is 0 Å². The summed E-state index contributed by atoms with van der Waals surface area (Å²) in [5, 5.41) is 1.58. The summed E-state index contributed by atoms with van der Waals surface area (Å²) in [7, 11) is 0. The van der Waals surface area contributed by atoms with Crippen molar-refractivity contribution in [1.82, 2.24) is 0 Å². The first kappa shape index (κ1) is 8.81. The summed E-state index contributed by atoms with van der Waals surface area (Å²) in [4.78, 5) is 0. The molecule has 0 atom stereocenters. The molecular formula is C12H12S2. The zero-order valence-corrected chi connectivity index (χ0v) is 9.80. The van der Waals surface area contributed by atoms with Crippen LogP contribution in [0.3, 0.4) is 0 Å². The second-order valence-electron chi connectivity index (χ2n) is 3.72. The van der Waals surface area contributed by atoms with Gasteiger partial charge >= 0.3 is 0 Å². The number of rotatable bonds is 1. The summed E-state index contributed by atoms with van der Waals surface area (Å²) < 4.78 is 3.02. The van der Waals surface area contributed by atoms with Crippen LogP contribution in [0.15, 0.2) is 22.4 Å². The third kappa shape index (κ3) is 1.14. The number of hydrogen-bond acceptors (Lipinski definition) is 2. The van der Waals surface area contributed by atoms with E-state index in [1.165, 1.54) is 28.2 Å². The predicted molar refractivity (Wildman–Crippen MR) is 65.6 cm³/mol. The Balaban J connectivity index is 2.42. The fourth-order valence-corrected chi connectivity index (χ4v) is 4.41. The second kappa shape index (κ2) is 3.28. The number of hydrogen-bond donors (Lipinski definition) is 0. The highest BCUT2D eigenvalue weighted by atomic mass is 32.2. The van der Waals surface area contributed by atoms with Gasteiger partial charge in [0.05, 0.1) is 4.21 Å². The number of thioether (sulfide) groups is 1. The summed E-state index contributed by atoms with van der Waals surface area (Å²) in [6.07, 6.45) is 6.08. The van der Waals surface area contributed by atoms with Gasteiger partial charge in [-0.05, 0) is 42.7 Å². The molecule has 1 aromatic carbocycles. The highest BCUT2D eigenvalue weighted by Gasteiger charge is 2.17. The fraction of sp³-hybridized carbons (Fsp3) is 0.333. The van der Waals surface area contributed by atoms with Crippen LogP contribution < -0.4 is 0 Å². The van der Waals surface area contributed by atoms with E-state index in [0.29, 0.717) is 0 Å². The Morgan fingerprint density at radius 3 is 3.07 bits per heavy atom. The molecule has 1 aromatic heterocycles. The third-order valence-corrected chi connectivity index (χ3v) is 5.28. The maximum Gasteiger partial charge on any atom is 0.0640 e. The van der Waals surface area contributed by atoms with Gasteiger partial charge in [-0.15, -0.1) is 23.1 Å². The largest absolute Gasteiger partial charge is 0.129 e. The van der Waals surface area contributed by atoms with E-state index >= 15 is 0 Å². The van der Waals surface area contributed by atoms with Crippen LogP contribution in [-0.4, -0.2) is 6.26 Å². The fourth-order valence-electron chi connectivity index (χ4n) is 2.32. The lowest BCUT2D eigenvalue weighted by molar-refractivity contribution is 0.802. The Morgan fingerprint density at radius 2 is 2.21 bits per heavy atom. The molecule has 0 unspecified atom stereocenters. The summed E-state index contributed by atoms with van der Waals surface area (Å²) >= 11 is 3.87. The van der Waals surface area contributed by atoms with Gasteiger partial charge in [-0.3, -0.25) is 0 Å². The van der Waals surface area contributed by atoms with E-state index in [4.69, 9.17) is 0 Å². The van der Waals surface area contributed by atoms with E-state index in [2.05, 4.69) is 24.5 Å². The van der Waals surface area contributed by atoms with E-state index in [1.54, 1.807) is 16.5 Å². The zero-order valence-electron chi connectivity index (χ0n) is 8.17. The maximum absolute atomic E-state index is 2.29. The number of thiophene rings is 1. The SMILES string of the molecule is CSc1sc2cccc3c2c1CCC3. The Morgan fingerprint density at radius 1 is 1.29 bits per heavy atom. The van der Waals surface area contributed by atoms with Crippen molar-refractivity contribution in [2.45, 2.75) is 23.5 Å². The number of aryl methyl sites for hydroxylation is 2. The molecule has 0 radical (unpaired) electrons. The van der Waals surface area contributed by atoms with Gasteiger partial charge < -0.3 is 0 Å². The summed E-state index contributed by atoms with van der Waals surface area (Å²) in [6.45, 7) is 0. The van der Waals surface area contributed by atoms with Crippen LogP contribution in [0, 0.1) is 0 Å². The summed E-state index contributed by atoms with van der Waals surface area (Å²) in [5.41, 5.74) is 3.19. The first-order valence-electron chi connectivity index (χ1n) is 4.97. The molecule has 0 nitrogen and oxygen atoms in total. The van der Waals surface area contributed by atoms with Gasteiger partial charge in [-0.25, -0.2) is 0 Å². The van der Waals surface area contributed by atoms with E-state index < -0.39 is 0 Å².